The number of rotatable bonds is 4. The van der Waals surface area contributed by atoms with E-state index in [1.54, 1.807) is 0 Å². The molecule has 1 aliphatic heterocycles. The van der Waals surface area contributed by atoms with Gasteiger partial charge in [-0.15, -0.1) is 0 Å². The normalized spacial score (nSPS) is 17.2. The fraction of sp³-hybridized carbons (Fsp3) is 0.320. The highest BCUT2D eigenvalue weighted by molar-refractivity contribution is 6.00. The lowest BCUT2D eigenvalue weighted by atomic mass is 9.93. The monoisotopic (exact) mass is 372 g/mol. The molecule has 1 aliphatic rings. The zero-order chi connectivity index (χ0) is 20.0. The van der Waals surface area contributed by atoms with Gasteiger partial charge in [-0.05, 0) is 44.4 Å². The van der Waals surface area contributed by atoms with E-state index in [9.17, 15) is 4.79 Å². The highest BCUT2D eigenvalue weighted by Gasteiger charge is 2.38. The van der Waals surface area contributed by atoms with Crippen molar-refractivity contribution in [2.24, 2.45) is 7.05 Å². The summed E-state index contributed by atoms with van der Waals surface area (Å²) in [6.45, 7) is 9.11. The molecule has 1 amide bonds. The summed E-state index contributed by atoms with van der Waals surface area (Å²) in [5, 5.41) is 1.23. The van der Waals surface area contributed by atoms with E-state index in [4.69, 9.17) is 0 Å². The Morgan fingerprint density at radius 1 is 0.964 bits per heavy atom. The summed E-state index contributed by atoms with van der Waals surface area (Å²) in [6, 6.07) is 17.2. The zero-order valence-corrected chi connectivity index (χ0v) is 17.4. The second-order valence-corrected chi connectivity index (χ2v) is 7.91. The molecule has 1 atom stereocenters. The van der Waals surface area contributed by atoms with Gasteiger partial charge in [0, 0.05) is 35.6 Å². The third kappa shape index (κ3) is 2.69. The number of aromatic nitrogens is 1. The molecule has 0 N–H and O–H groups in total. The Morgan fingerprint density at radius 3 is 2.32 bits per heavy atom. The molecule has 2 aromatic carbocycles. The van der Waals surface area contributed by atoms with Crippen molar-refractivity contribution in [2.45, 2.75) is 40.2 Å². The highest BCUT2D eigenvalue weighted by Crippen LogP contribution is 2.46. The van der Waals surface area contributed by atoms with E-state index in [0.29, 0.717) is 0 Å². The smallest absolute Gasteiger partial charge is 0.250 e. The Labute approximate surface area is 167 Å². The van der Waals surface area contributed by atoms with Crippen LogP contribution >= 0.6 is 0 Å². The van der Waals surface area contributed by atoms with Crippen LogP contribution in [0, 0.1) is 6.92 Å². The van der Waals surface area contributed by atoms with Crippen LogP contribution in [0.25, 0.3) is 22.2 Å². The Kier molecular flexibility index (Phi) is 4.62. The van der Waals surface area contributed by atoms with Crippen LogP contribution in [0.15, 0.2) is 59.7 Å². The van der Waals surface area contributed by atoms with Crippen LogP contribution in [-0.4, -0.2) is 21.9 Å². The summed E-state index contributed by atoms with van der Waals surface area (Å²) < 4.78 is 2.28. The Bertz CT molecular complexity index is 1090. The molecule has 3 aromatic rings. The van der Waals surface area contributed by atoms with Crippen LogP contribution < -0.4 is 0 Å². The highest BCUT2D eigenvalue weighted by atomic mass is 16.2. The first-order chi connectivity index (χ1) is 13.5. The van der Waals surface area contributed by atoms with E-state index >= 15 is 0 Å². The van der Waals surface area contributed by atoms with E-state index in [2.05, 4.69) is 85.8 Å². The SMILES string of the molecule is CCCN1C(=O)C(C)=C(C)[C@@H]1c1c(-c2ccc(C)cc2)n(C)c2ccccc12. The maximum absolute atomic E-state index is 13.0. The molecular formula is C25H28N2O. The van der Waals surface area contributed by atoms with Gasteiger partial charge in [-0.1, -0.05) is 55.0 Å². The van der Waals surface area contributed by atoms with Gasteiger partial charge < -0.3 is 9.47 Å². The number of carbonyl (C=O) groups is 1. The molecule has 0 spiro atoms. The molecule has 0 aliphatic carbocycles. The summed E-state index contributed by atoms with van der Waals surface area (Å²) in [4.78, 5) is 15.0. The molecule has 3 heteroatoms. The van der Waals surface area contributed by atoms with Gasteiger partial charge in [0.05, 0.1) is 11.7 Å². The molecule has 0 bridgehead atoms. The predicted octanol–water partition coefficient (Wildman–Crippen LogP) is 5.78. The fourth-order valence-corrected chi connectivity index (χ4v) is 4.54. The first kappa shape index (κ1) is 18.5. The van der Waals surface area contributed by atoms with Gasteiger partial charge >= 0.3 is 0 Å². The summed E-state index contributed by atoms with van der Waals surface area (Å²) in [5.74, 6) is 0.173. The molecule has 144 valence electrons. The largest absolute Gasteiger partial charge is 0.343 e. The number of aryl methyl sites for hydroxylation is 2. The number of nitrogens with zero attached hydrogens (tertiary/aromatic N) is 2. The molecule has 2 heterocycles. The lowest BCUT2D eigenvalue weighted by Crippen LogP contribution is -2.31. The van der Waals surface area contributed by atoms with E-state index in [1.807, 2.05) is 6.92 Å². The van der Waals surface area contributed by atoms with Crippen molar-refractivity contribution in [1.82, 2.24) is 9.47 Å². The van der Waals surface area contributed by atoms with Crippen LogP contribution in [0.1, 0.15) is 44.4 Å². The van der Waals surface area contributed by atoms with E-state index in [-0.39, 0.29) is 11.9 Å². The minimum absolute atomic E-state index is 0.00477. The number of fused-ring (bicyclic) bond motifs is 1. The van der Waals surface area contributed by atoms with Crippen molar-refractivity contribution in [3.63, 3.8) is 0 Å². The maximum Gasteiger partial charge on any atom is 0.250 e. The third-order valence-corrected chi connectivity index (χ3v) is 6.10. The third-order valence-electron chi connectivity index (χ3n) is 6.10. The van der Waals surface area contributed by atoms with Crippen LogP contribution in [0.4, 0.5) is 0 Å². The van der Waals surface area contributed by atoms with Crippen molar-refractivity contribution in [2.75, 3.05) is 6.54 Å². The zero-order valence-electron chi connectivity index (χ0n) is 17.4. The van der Waals surface area contributed by atoms with E-state index < -0.39 is 0 Å². The minimum Gasteiger partial charge on any atom is -0.343 e. The molecule has 4 rings (SSSR count). The molecule has 0 fully saturated rings. The van der Waals surface area contributed by atoms with E-state index in [0.717, 1.165) is 18.5 Å². The van der Waals surface area contributed by atoms with Crippen LogP contribution in [0.5, 0.6) is 0 Å². The lowest BCUT2D eigenvalue weighted by Gasteiger charge is -2.27. The summed E-state index contributed by atoms with van der Waals surface area (Å²) in [7, 11) is 2.13. The second-order valence-electron chi connectivity index (χ2n) is 7.91. The Hall–Kier alpha value is -2.81. The van der Waals surface area contributed by atoms with Crippen molar-refractivity contribution < 1.29 is 4.79 Å². The number of para-hydroxylation sites is 1. The number of carbonyl (C=O) groups excluding carboxylic acids is 1. The van der Waals surface area contributed by atoms with Gasteiger partial charge in [0.15, 0.2) is 0 Å². The Morgan fingerprint density at radius 2 is 1.64 bits per heavy atom. The topological polar surface area (TPSA) is 25.2 Å². The van der Waals surface area contributed by atoms with Gasteiger partial charge in [-0.25, -0.2) is 0 Å². The molecule has 0 unspecified atom stereocenters. The van der Waals surface area contributed by atoms with E-state index in [1.165, 1.54) is 38.9 Å². The maximum atomic E-state index is 13.0. The van der Waals surface area contributed by atoms with Crippen LogP contribution in [0.2, 0.25) is 0 Å². The van der Waals surface area contributed by atoms with Crippen molar-refractivity contribution >= 4 is 16.8 Å². The molecule has 1 aromatic heterocycles. The molecule has 0 radical (unpaired) electrons. The number of benzene rings is 2. The standard InChI is InChI=1S/C25H28N2O/c1-6-15-27-23(17(3)18(4)25(27)28)22-20-9-7-8-10-21(20)26(5)24(22)19-13-11-16(2)12-14-19/h7-14,23H,6,15H2,1-5H3/t23-/m1/s1. The average molecular weight is 373 g/mol. The van der Waals surface area contributed by atoms with Crippen LogP contribution in [0.3, 0.4) is 0 Å². The lowest BCUT2D eigenvalue weighted by molar-refractivity contribution is -0.127. The minimum atomic E-state index is -0.00477. The Balaban J connectivity index is 2.04. The van der Waals surface area contributed by atoms with Gasteiger partial charge in [0.25, 0.3) is 0 Å². The van der Waals surface area contributed by atoms with Gasteiger partial charge in [-0.3, -0.25) is 4.79 Å². The predicted molar refractivity (Wildman–Crippen MR) is 116 cm³/mol. The second kappa shape index (κ2) is 6.97. The molecule has 3 nitrogen and oxygen atoms in total. The first-order valence-corrected chi connectivity index (χ1v) is 10.1. The van der Waals surface area contributed by atoms with Crippen molar-refractivity contribution in [3.8, 4) is 11.3 Å². The molecule has 0 saturated heterocycles. The van der Waals surface area contributed by atoms with Gasteiger partial charge in [0.1, 0.15) is 0 Å². The quantitative estimate of drug-likeness (QED) is 0.569. The number of amides is 1. The van der Waals surface area contributed by atoms with Gasteiger partial charge in [0.2, 0.25) is 5.91 Å². The summed E-state index contributed by atoms with van der Waals surface area (Å²) >= 11 is 0. The first-order valence-electron chi connectivity index (χ1n) is 10.1. The van der Waals surface area contributed by atoms with Crippen LogP contribution in [-0.2, 0) is 11.8 Å². The van der Waals surface area contributed by atoms with Crippen molar-refractivity contribution in [3.05, 3.63) is 70.8 Å². The number of hydrogen-bond acceptors (Lipinski definition) is 1. The van der Waals surface area contributed by atoms with Crippen molar-refractivity contribution in [1.29, 1.82) is 0 Å². The molecular weight excluding hydrogens is 344 g/mol. The summed E-state index contributed by atoms with van der Waals surface area (Å²) in [5.41, 5.74) is 8.16. The summed E-state index contributed by atoms with van der Waals surface area (Å²) in [6.07, 6.45) is 0.952. The number of hydrogen-bond donors (Lipinski definition) is 0. The molecule has 28 heavy (non-hydrogen) atoms. The molecule has 0 saturated carbocycles. The fourth-order valence-electron chi connectivity index (χ4n) is 4.54. The van der Waals surface area contributed by atoms with Gasteiger partial charge in [-0.2, -0.15) is 0 Å². The average Bonchev–Trinajstić information content (AvgIpc) is 3.10.